The van der Waals surface area contributed by atoms with Crippen molar-refractivity contribution < 1.29 is 9.90 Å². The maximum atomic E-state index is 11.0. The lowest BCUT2D eigenvalue weighted by atomic mass is 9.89. The normalized spacial score (nSPS) is 32.1. The minimum atomic E-state index is -0.812. The zero-order valence-electron chi connectivity index (χ0n) is 9.30. The van der Waals surface area contributed by atoms with Crippen molar-refractivity contribution >= 4 is 5.97 Å². The molecule has 2 bridgehead atoms. The monoisotopic (exact) mass is 219 g/mol. The molecule has 2 saturated carbocycles. The highest BCUT2D eigenvalue weighted by Gasteiger charge is 2.39. The second-order valence-corrected chi connectivity index (χ2v) is 5.29. The van der Waals surface area contributed by atoms with Crippen molar-refractivity contribution in [1.29, 1.82) is 0 Å². The van der Waals surface area contributed by atoms with Crippen molar-refractivity contribution in [1.82, 2.24) is 4.57 Å². The summed E-state index contributed by atoms with van der Waals surface area (Å²) in [5.41, 5.74) is 0.433. The molecule has 1 N–H and O–H groups in total. The molecule has 3 atom stereocenters. The average molecular weight is 219 g/mol. The molecule has 2 aliphatic rings. The molecule has 0 aromatic carbocycles. The second kappa shape index (κ2) is 3.65. The van der Waals surface area contributed by atoms with Crippen molar-refractivity contribution in [3.05, 3.63) is 24.0 Å². The van der Waals surface area contributed by atoms with Gasteiger partial charge in [-0.3, -0.25) is 0 Å². The number of rotatable bonds is 3. The Morgan fingerprint density at radius 2 is 2.31 bits per heavy atom. The SMILES string of the molecule is O=C(O)c1cccn1CC1CC2CCC1C2. The lowest BCUT2D eigenvalue weighted by molar-refractivity contribution is 0.0683. The predicted octanol–water partition coefficient (Wildman–Crippen LogP) is 2.62. The molecule has 1 heterocycles. The van der Waals surface area contributed by atoms with Crippen LogP contribution < -0.4 is 0 Å². The summed E-state index contributed by atoms with van der Waals surface area (Å²) in [7, 11) is 0. The molecule has 16 heavy (non-hydrogen) atoms. The minimum Gasteiger partial charge on any atom is -0.477 e. The van der Waals surface area contributed by atoms with Crippen molar-refractivity contribution in [2.24, 2.45) is 17.8 Å². The molecular weight excluding hydrogens is 202 g/mol. The number of fused-ring (bicyclic) bond motifs is 2. The van der Waals surface area contributed by atoms with E-state index in [-0.39, 0.29) is 0 Å². The Kier molecular flexibility index (Phi) is 2.27. The quantitative estimate of drug-likeness (QED) is 0.849. The number of carbonyl (C=O) groups is 1. The Morgan fingerprint density at radius 1 is 1.44 bits per heavy atom. The van der Waals surface area contributed by atoms with Gasteiger partial charge in [0, 0.05) is 12.7 Å². The Labute approximate surface area is 95.1 Å². The van der Waals surface area contributed by atoms with Gasteiger partial charge in [-0.1, -0.05) is 6.42 Å². The van der Waals surface area contributed by atoms with Crippen LogP contribution in [0.2, 0.25) is 0 Å². The number of carboxylic acid groups (broad SMARTS) is 1. The van der Waals surface area contributed by atoms with E-state index in [0.717, 1.165) is 18.4 Å². The number of nitrogens with zero attached hydrogens (tertiary/aromatic N) is 1. The topological polar surface area (TPSA) is 42.2 Å². The first-order valence-electron chi connectivity index (χ1n) is 6.12. The van der Waals surface area contributed by atoms with E-state index in [1.165, 1.54) is 25.7 Å². The highest BCUT2D eigenvalue weighted by Crippen LogP contribution is 2.48. The number of aromatic carboxylic acids is 1. The fourth-order valence-corrected chi connectivity index (χ4v) is 3.62. The van der Waals surface area contributed by atoms with Gasteiger partial charge >= 0.3 is 5.97 Å². The van der Waals surface area contributed by atoms with E-state index in [0.29, 0.717) is 11.6 Å². The van der Waals surface area contributed by atoms with Gasteiger partial charge in [0.1, 0.15) is 5.69 Å². The zero-order valence-corrected chi connectivity index (χ0v) is 9.30. The molecule has 2 fully saturated rings. The maximum absolute atomic E-state index is 11.0. The minimum absolute atomic E-state index is 0.433. The van der Waals surface area contributed by atoms with Crippen LogP contribution in [0.15, 0.2) is 18.3 Å². The number of carboxylic acids is 1. The molecule has 0 amide bonds. The Balaban J connectivity index is 1.74. The van der Waals surface area contributed by atoms with Crippen molar-refractivity contribution in [2.45, 2.75) is 32.2 Å². The molecule has 1 aromatic rings. The highest BCUT2D eigenvalue weighted by atomic mass is 16.4. The van der Waals surface area contributed by atoms with Gasteiger partial charge < -0.3 is 9.67 Å². The van der Waals surface area contributed by atoms with E-state index in [9.17, 15) is 4.79 Å². The van der Waals surface area contributed by atoms with Crippen LogP contribution in [0, 0.1) is 17.8 Å². The van der Waals surface area contributed by atoms with Crippen LogP contribution in [0.25, 0.3) is 0 Å². The lowest BCUT2D eigenvalue weighted by Gasteiger charge is -2.22. The van der Waals surface area contributed by atoms with E-state index in [2.05, 4.69) is 0 Å². The van der Waals surface area contributed by atoms with E-state index < -0.39 is 5.97 Å². The average Bonchev–Trinajstić information content (AvgIpc) is 2.91. The molecule has 2 aliphatic carbocycles. The fraction of sp³-hybridized carbons (Fsp3) is 0.615. The maximum Gasteiger partial charge on any atom is 0.352 e. The Bertz CT molecular complexity index is 410. The van der Waals surface area contributed by atoms with E-state index >= 15 is 0 Å². The lowest BCUT2D eigenvalue weighted by Crippen LogP contribution is -2.19. The molecular formula is C13H17NO2. The second-order valence-electron chi connectivity index (χ2n) is 5.29. The fourth-order valence-electron chi connectivity index (χ4n) is 3.62. The molecule has 0 spiro atoms. The van der Waals surface area contributed by atoms with E-state index in [4.69, 9.17) is 5.11 Å². The van der Waals surface area contributed by atoms with Gasteiger partial charge in [-0.05, 0) is 49.1 Å². The van der Waals surface area contributed by atoms with Gasteiger partial charge in [-0.15, -0.1) is 0 Å². The third kappa shape index (κ3) is 1.55. The first-order chi connectivity index (χ1) is 7.74. The molecule has 3 rings (SSSR count). The number of hydrogen-bond donors (Lipinski definition) is 1. The van der Waals surface area contributed by atoms with Gasteiger partial charge in [0.05, 0.1) is 0 Å². The summed E-state index contributed by atoms with van der Waals surface area (Å²) in [5, 5.41) is 9.04. The van der Waals surface area contributed by atoms with Crippen LogP contribution in [-0.4, -0.2) is 15.6 Å². The summed E-state index contributed by atoms with van der Waals surface area (Å²) in [4.78, 5) is 11.0. The van der Waals surface area contributed by atoms with E-state index in [1.54, 1.807) is 6.07 Å². The summed E-state index contributed by atoms with van der Waals surface area (Å²) in [6.45, 7) is 0.899. The van der Waals surface area contributed by atoms with Crippen LogP contribution in [0.4, 0.5) is 0 Å². The third-order valence-corrected chi connectivity index (χ3v) is 4.36. The van der Waals surface area contributed by atoms with Crippen LogP contribution in [0.5, 0.6) is 0 Å². The van der Waals surface area contributed by atoms with Gasteiger partial charge in [-0.2, -0.15) is 0 Å². The van der Waals surface area contributed by atoms with Gasteiger partial charge in [0.15, 0.2) is 0 Å². The van der Waals surface area contributed by atoms with Crippen LogP contribution in [0.1, 0.15) is 36.2 Å². The Morgan fingerprint density at radius 3 is 2.94 bits per heavy atom. The highest BCUT2D eigenvalue weighted by molar-refractivity contribution is 5.85. The van der Waals surface area contributed by atoms with Crippen LogP contribution >= 0.6 is 0 Å². The van der Waals surface area contributed by atoms with Crippen molar-refractivity contribution in [3.63, 3.8) is 0 Å². The van der Waals surface area contributed by atoms with Gasteiger partial charge in [-0.25, -0.2) is 4.79 Å². The molecule has 1 aromatic heterocycles. The summed E-state index contributed by atoms with van der Waals surface area (Å²) in [5.74, 6) is 1.69. The summed E-state index contributed by atoms with van der Waals surface area (Å²) in [6, 6.07) is 3.52. The van der Waals surface area contributed by atoms with Crippen LogP contribution in [0.3, 0.4) is 0 Å². The zero-order chi connectivity index (χ0) is 11.1. The van der Waals surface area contributed by atoms with Crippen molar-refractivity contribution in [2.75, 3.05) is 0 Å². The molecule has 86 valence electrons. The number of aromatic nitrogens is 1. The molecule has 3 heteroatoms. The predicted molar refractivity (Wildman–Crippen MR) is 60.3 cm³/mol. The summed E-state index contributed by atoms with van der Waals surface area (Å²) in [6.07, 6.45) is 7.35. The first kappa shape index (κ1) is 9.94. The molecule has 3 nitrogen and oxygen atoms in total. The van der Waals surface area contributed by atoms with Crippen molar-refractivity contribution in [3.8, 4) is 0 Å². The van der Waals surface area contributed by atoms with Gasteiger partial charge in [0.2, 0.25) is 0 Å². The molecule has 3 unspecified atom stereocenters. The molecule has 0 aliphatic heterocycles. The molecule has 0 saturated heterocycles. The van der Waals surface area contributed by atoms with Gasteiger partial charge in [0.25, 0.3) is 0 Å². The molecule has 0 radical (unpaired) electrons. The first-order valence-corrected chi connectivity index (χ1v) is 6.12. The standard InChI is InChI=1S/C13H17NO2/c15-13(16)12-2-1-5-14(12)8-11-7-9-3-4-10(11)6-9/h1-2,5,9-11H,3-4,6-8H2,(H,15,16). The van der Waals surface area contributed by atoms with E-state index in [1.807, 2.05) is 16.8 Å². The third-order valence-electron chi connectivity index (χ3n) is 4.36. The smallest absolute Gasteiger partial charge is 0.352 e. The number of hydrogen-bond acceptors (Lipinski definition) is 1. The Hall–Kier alpha value is -1.25. The largest absolute Gasteiger partial charge is 0.477 e. The summed E-state index contributed by atoms with van der Waals surface area (Å²) < 4.78 is 1.91. The van der Waals surface area contributed by atoms with Crippen LogP contribution in [-0.2, 0) is 6.54 Å². The summed E-state index contributed by atoms with van der Waals surface area (Å²) >= 11 is 0.